The fourth-order valence-electron chi connectivity index (χ4n) is 2.39. The summed E-state index contributed by atoms with van der Waals surface area (Å²) in [6.07, 6.45) is 0. The van der Waals surface area contributed by atoms with E-state index in [-0.39, 0.29) is 10.6 Å². The maximum absolute atomic E-state index is 14.4. The minimum atomic E-state index is -4.39. The number of rotatable bonds is 5. The monoisotopic (exact) mass is 404 g/mol. The highest BCUT2D eigenvalue weighted by Gasteiger charge is 2.23. The minimum absolute atomic E-state index is 0.247. The van der Waals surface area contributed by atoms with Gasteiger partial charge in [0.2, 0.25) is 0 Å². The van der Waals surface area contributed by atoms with Crippen LogP contribution in [-0.4, -0.2) is 14.3 Å². The van der Waals surface area contributed by atoms with Crippen LogP contribution in [0, 0.1) is 5.82 Å². The Hall–Kier alpha value is -2.74. The Kier molecular flexibility index (Phi) is 5.55. The number of nitrogens with one attached hydrogen (secondary N) is 2. The molecule has 3 aromatic rings. The highest BCUT2D eigenvalue weighted by atomic mass is 35.5. The van der Waals surface area contributed by atoms with Crippen LogP contribution in [-0.2, 0) is 10.0 Å². The Morgan fingerprint density at radius 3 is 2.11 bits per heavy atom. The van der Waals surface area contributed by atoms with Gasteiger partial charge >= 0.3 is 0 Å². The molecule has 0 heterocycles. The zero-order chi connectivity index (χ0) is 19.4. The van der Waals surface area contributed by atoms with E-state index in [9.17, 15) is 17.6 Å². The molecule has 138 valence electrons. The van der Waals surface area contributed by atoms with Crippen LogP contribution in [0.1, 0.15) is 10.4 Å². The van der Waals surface area contributed by atoms with E-state index >= 15 is 0 Å². The highest BCUT2D eigenvalue weighted by Crippen LogP contribution is 2.30. The molecule has 27 heavy (non-hydrogen) atoms. The van der Waals surface area contributed by atoms with E-state index in [1.54, 1.807) is 48.5 Å². The lowest BCUT2D eigenvalue weighted by Gasteiger charge is -2.12. The molecule has 0 aromatic heterocycles. The van der Waals surface area contributed by atoms with Crippen LogP contribution in [0.3, 0.4) is 0 Å². The number of hydrazine groups is 1. The molecule has 0 saturated carbocycles. The standard InChI is InChI=1S/C19H14ClFN2O3S/c20-16-11-15(13-7-3-1-4-8-13)12-17(18(16)21)27(25,26)23-22-19(24)14-9-5-2-6-10-14/h1-12,23H,(H,22,24). The molecular formula is C19H14ClFN2O3S. The van der Waals surface area contributed by atoms with E-state index in [2.05, 4.69) is 5.43 Å². The lowest BCUT2D eigenvalue weighted by molar-refractivity contribution is 0.0945. The van der Waals surface area contributed by atoms with Gasteiger partial charge in [-0.2, -0.15) is 0 Å². The SMILES string of the molecule is O=C(NNS(=O)(=O)c1cc(-c2ccccc2)cc(Cl)c1F)c1ccccc1. The van der Waals surface area contributed by atoms with Gasteiger partial charge < -0.3 is 0 Å². The quantitative estimate of drug-likeness (QED) is 0.635. The first kappa shape index (κ1) is 19.0. The number of benzene rings is 3. The van der Waals surface area contributed by atoms with E-state index in [1.165, 1.54) is 18.2 Å². The summed E-state index contributed by atoms with van der Waals surface area (Å²) in [5.74, 6) is -1.78. The van der Waals surface area contributed by atoms with Gasteiger partial charge in [-0.1, -0.05) is 60.1 Å². The van der Waals surface area contributed by atoms with E-state index in [1.807, 2.05) is 4.83 Å². The molecule has 3 aromatic carbocycles. The largest absolute Gasteiger partial charge is 0.273 e. The summed E-state index contributed by atoms with van der Waals surface area (Å²) in [4.78, 5) is 13.2. The van der Waals surface area contributed by atoms with Crippen LogP contribution in [0.4, 0.5) is 4.39 Å². The smallest absolute Gasteiger partial charge is 0.266 e. The number of sulfonamides is 1. The molecule has 2 N–H and O–H groups in total. The molecule has 0 radical (unpaired) electrons. The molecule has 0 bridgehead atoms. The van der Waals surface area contributed by atoms with Crippen LogP contribution in [0.5, 0.6) is 0 Å². The van der Waals surface area contributed by atoms with Crippen molar-refractivity contribution in [2.24, 2.45) is 0 Å². The van der Waals surface area contributed by atoms with Crippen molar-refractivity contribution in [1.82, 2.24) is 10.3 Å². The first-order valence-electron chi connectivity index (χ1n) is 7.80. The first-order valence-corrected chi connectivity index (χ1v) is 9.66. The topological polar surface area (TPSA) is 75.3 Å². The summed E-state index contributed by atoms with van der Waals surface area (Å²) in [5.41, 5.74) is 3.40. The third kappa shape index (κ3) is 4.33. The van der Waals surface area contributed by atoms with Gasteiger partial charge in [-0.05, 0) is 35.4 Å². The fourth-order valence-corrected chi connectivity index (χ4v) is 3.63. The Balaban J connectivity index is 1.90. The lowest BCUT2D eigenvalue weighted by atomic mass is 10.1. The normalized spacial score (nSPS) is 11.2. The van der Waals surface area contributed by atoms with Gasteiger partial charge in [0.1, 0.15) is 4.90 Å². The van der Waals surface area contributed by atoms with Crippen molar-refractivity contribution in [2.45, 2.75) is 4.90 Å². The summed E-state index contributed by atoms with van der Waals surface area (Å²) < 4.78 is 39.4. The number of amides is 1. The molecule has 0 aliphatic heterocycles. The third-order valence-electron chi connectivity index (χ3n) is 3.73. The molecule has 3 rings (SSSR count). The van der Waals surface area contributed by atoms with Gasteiger partial charge in [0.05, 0.1) is 5.02 Å². The molecule has 5 nitrogen and oxygen atoms in total. The predicted molar refractivity (Wildman–Crippen MR) is 101 cm³/mol. The number of carbonyl (C=O) groups is 1. The molecular weight excluding hydrogens is 391 g/mol. The van der Waals surface area contributed by atoms with E-state index < -0.39 is 26.6 Å². The van der Waals surface area contributed by atoms with E-state index in [4.69, 9.17) is 11.6 Å². The minimum Gasteiger partial charge on any atom is -0.273 e. The Bertz CT molecular complexity index is 1070. The Labute approximate surface area is 160 Å². The maximum Gasteiger partial charge on any atom is 0.266 e. The number of hydrogen-bond acceptors (Lipinski definition) is 3. The molecule has 8 heteroatoms. The van der Waals surface area contributed by atoms with Crippen molar-refractivity contribution in [3.63, 3.8) is 0 Å². The van der Waals surface area contributed by atoms with Crippen LogP contribution in [0.15, 0.2) is 77.7 Å². The molecule has 0 atom stereocenters. The average molecular weight is 405 g/mol. The molecule has 0 unspecified atom stereocenters. The van der Waals surface area contributed by atoms with Gasteiger partial charge in [0.25, 0.3) is 15.9 Å². The van der Waals surface area contributed by atoms with E-state index in [0.717, 1.165) is 6.07 Å². The average Bonchev–Trinajstić information content (AvgIpc) is 2.69. The Morgan fingerprint density at radius 2 is 1.48 bits per heavy atom. The number of hydrogen-bond donors (Lipinski definition) is 2. The van der Waals surface area contributed by atoms with Crippen molar-refractivity contribution in [2.75, 3.05) is 0 Å². The summed E-state index contributed by atoms with van der Waals surface area (Å²) in [6.45, 7) is 0. The zero-order valence-electron chi connectivity index (χ0n) is 13.8. The first-order chi connectivity index (χ1) is 12.9. The predicted octanol–water partition coefficient (Wildman–Crippen LogP) is 3.77. The van der Waals surface area contributed by atoms with Crippen LogP contribution in [0.2, 0.25) is 5.02 Å². The van der Waals surface area contributed by atoms with Crippen LogP contribution in [0.25, 0.3) is 11.1 Å². The van der Waals surface area contributed by atoms with E-state index in [0.29, 0.717) is 11.1 Å². The van der Waals surface area contributed by atoms with Gasteiger partial charge in [0.15, 0.2) is 5.82 Å². The molecule has 0 aliphatic rings. The van der Waals surface area contributed by atoms with Gasteiger partial charge in [-0.25, -0.2) is 12.8 Å². The summed E-state index contributed by atoms with van der Waals surface area (Å²) in [5, 5.41) is -0.342. The second-order valence-corrected chi connectivity index (χ2v) is 7.62. The lowest BCUT2D eigenvalue weighted by Crippen LogP contribution is -2.41. The molecule has 0 saturated heterocycles. The number of halogens is 2. The van der Waals surface area contributed by atoms with Crippen molar-refractivity contribution in [3.8, 4) is 11.1 Å². The van der Waals surface area contributed by atoms with Crippen LogP contribution < -0.4 is 10.3 Å². The van der Waals surface area contributed by atoms with Gasteiger partial charge in [-0.3, -0.25) is 10.2 Å². The highest BCUT2D eigenvalue weighted by molar-refractivity contribution is 7.89. The molecule has 0 aliphatic carbocycles. The van der Waals surface area contributed by atoms with Crippen molar-refractivity contribution in [3.05, 3.63) is 89.2 Å². The van der Waals surface area contributed by atoms with Crippen LogP contribution >= 0.6 is 11.6 Å². The maximum atomic E-state index is 14.4. The summed E-state index contributed by atoms with van der Waals surface area (Å²) >= 11 is 5.88. The molecule has 0 spiro atoms. The van der Waals surface area contributed by atoms with Gasteiger partial charge in [0, 0.05) is 5.56 Å². The van der Waals surface area contributed by atoms with Crippen molar-refractivity contribution < 1.29 is 17.6 Å². The molecule has 0 fully saturated rings. The van der Waals surface area contributed by atoms with Crippen molar-refractivity contribution >= 4 is 27.5 Å². The fraction of sp³-hybridized carbons (Fsp3) is 0. The second kappa shape index (κ2) is 7.87. The summed E-state index contributed by atoms with van der Waals surface area (Å²) in [6, 6.07) is 19.3. The second-order valence-electron chi connectivity index (χ2n) is 5.56. The van der Waals surface area contributed by atoms with Gasteiger partial charge in [-0.15, -0.1) is 4.83 Å². The van der Waals surface area contributed by atoms with Crippen molar-refractivity contribution in [1.29, 1.82) is 0 Å². The zero-order valence-corrected chi connectivity index (χ0v) is 15.4. The number of carbonyl (C=O) groups excluding carboxylic acids is 1. The summed E-state index contributed by atoms with van der Waals surface area (Å²) in [7, 11) is -4.39. The third-order valence-corrected chi connectivity index (χ3v) is 5.25. The molecule has 1 amide bonds. The Morgan fingerprint density at radius 1 is 0.889 bits per heavy atom.